The molecule has 194 valence electrons. The summed E-state index contributed by atoms with van der Waals surface area (Å²) in [6.07, 6.45) is 1.52. The fourth-order valence-corrected chi connectivity index (χ4v) is 3.97. The summed E-state index contributed by atoms with van der Waals surface area (Å²) in [5, 5.41) is 6.50. The number of methoxy groups -OCH3 is 2. The zero-order valence-corrected chi connectivity index (χ0v) is 21.3. The maximum absolute atomic E-state index is 6.07. The van der Waals surface area contributed by atoms with Crippen molar-refractivity contribution in [2.45, 2.75) is 0 Å². The summed E-state index contributed by atoms with van der Waals surface area (Å²) >= 11 is 0. The van der Waals surface area contributed by atoms with E-state index in [0.29, 0.717) is 43.7 Å². The minimum absolute atomic E-state index is 0.387. The highest BCUT2D eigenvalue weighted by atomic mass is 16.5. The number of aromatic nitrogens is 2. The van der Waals surface area contributed by atoms with E-state index in [2.05, 4.69) is 33.5 Å². The molecule has 5 rings (SSSR count). The zero-order chi connectivity index (χ0) is 26.2. The van der Waals surface area contributed by atoms with Crippen LogP contribution in [0.3, 0.4) is 0 Å². The van der Waals surface area contributed by atoms with E-state index in [1.54, 1.807) is 14.2 Å². The molecule has 1 N–H and O–H groups in total. The number of anilines is 2. The first kappa shape index (κ1) is 25.3. The van der Waals surface area contributed by atoms with Gasteiger partial charge in [-0.05, 0) is 53.2 Å². The van der Waals surface area contributed by atoms with Crippen molar-refractivity contribution >= 4 is 33.2 Å². The second-order valence-corrected chi connectivity index (χ2v) is 8.48. The molecule has 0 saturated heterocycles. The van der Waals surface area contributed by atoms with Crippen LogP contribution in [0.15, 0.2) is 85.2 Å². The Labute approximate surface area is 221 Å². The first-order valence-corrected chi connectivity index (χ1v) is 12.3. The van der Waals surface area contributed by atoms with Crippen molar-refractivity contribution < 1.29 is 23.7 Å². The molecule has 8 heteroatoms. The first-order valence-electron chi connectivity index (χ1n) is 12.3. The third kappa shape index (κ3) is 6.11. The summed E-state index contributed by atoms with van der Waals surface area (Å²) in [4.78, 5) is 8.90. The Morgan fingerprint density at radius 2 is 1.34 bits per heavy atom. The Kier molecular flexibility index (Phi) is 8.13. The van der Waals surface area contributed by atoms with Crippen molar-refractivity contribution in [2.24, 2.45) is 0 Å². The van der Waals surface area contributed by atoms with Crippen LogP contribution in [0, 0.1) is 0 Å². The van der Waals surface area contributed by atoms with E-state index in [0.717, 1.165) is 33.5 Å². The number of benzene rings is 4. The molecule has 0 unspecified atom stereocenters. The number of ether oxygens (including phenoxy) is 5. The molecule has 0 atom stereocenters. The van der Waals surface area contributed by atoms with Crippen molar-refractivity contribution in [3.63, 3.8) is 0 Å². The number of rotatable bonds is 12. The SMILES string of the molecule is COCCOc1cc2ncnc(Nc3ccc(Oc4ccc5ccccc5c4)cc3)c2cc1OCCOC. The highest BCUT2D eigenvalue weighted by Crippen LogP contribution is 2.35. The van der Waals surface area contributed by atoms with Crippen LogP contribution in [0.5, 0.6) is 23.0 Å². The standard InChI is InChI=1S/C30H29N3O5/c1-34-13-15-36-28-18-26-27(19-29(28)37-16-14-35-2)31-20-32-30(26)33-23-8-11-24(12-9-23)38-25-10-7-21-5-3-4-6-22(21)17-25/h3-12,17-20H,13-16H2,1-2H3,(H,31,32,33). The summed E-state index contributed by atoms with van der Waals surface area (Å²) in [5.74, 6) is 3.35. The van der Waals surface area contributed by atoms with E-state index in [1.807, 2.05) is 60.7 Å². The molecule has 0 amide bonds. The van der Waals surface area contributed by atoms with Gasteiger partial charge in [-0.25, -0.2) is 9.97 Å². The van der Waals surface area contributed by atoms with Crippen LogP contribution in [0.25, 0.3) is 21.7 Å². The van der Waals surface area contributed by atoms with Gasteiger partial charge >= 0.3 is 0 Å². The minimum Gasteiger partial charge on any atom is -0.487 e. The molecule has 0 aliphatic carbocycles. The maximum Gasteiger partial charge on any atom is 0.163 e. The highest BCUT2D eigenvalue weighted by molar-refractivity contribution is 5.93. The largest absolute Gasteiger partial charge is 0.487 e. The van der Waals surface area contributed by atoms with Crippen molar-refractivity contribution in [1.29, 1.82) is 0 Å². The lowest BCUT2D eigenvalue weighted by atomic mass is 10.1. The Hall–Kier alpha value is -4.40. The monoisotopic (exact) mass is 511 g/mol. The average Bonchev–Trinajstić information content (AvgIpc) is 2.95. The van der Waals surface area contributed by atoms with Gasteiger partial charge in [0.2, 0.25) is 0 Å². The van der Waals surface area contributed by atoms with Crippen LogP contribution in [0.4, 0.5) is 11.5 Å². The molecule has 5 aromatic rings. The van der Waals surface area contributed by atoms with Crippen molar-refractivity contribution in [3.05, 3.63) is 85.2 Å². The highest BCUT2D eigenvalue weighted by Gasteiger charge is 2.13. The average molecular weight is 512 g/mol. The third-order valence-electron chi connectivity index (χ3n) is 5.86. The molecule has 0 aliphatic rings. The van der Waals surface area contributed by atoms with Crippen LogP contribution in [-0.2, 0) is 9.47 Å². The van der Waals surface area contributed by atoms with Gasteiger partial charge < -0.3 is 29.0 Å². The van der Waals surface area contributed by atoms with Gasteiger partial charge in [0.15, 0.2) is 11.5 Å². The molecule has 4 aromatic carbocycles. The summed E-state index contributed by atoms with van der Waals surface area (Å²) in [6.45, 7) is 1.70. The van der Waals surface area contributed by atoms with E-state index >= 15 is 0 Å². The lowest BCUT2D eigenvalue weighted by molar-refractivity contribution is 0.132. The first-order chi connectivity index (χ1) is 18.7. The molecule has 38 heavy (non-hydrogen) atoms. The molecule has 0 fully saturated rings. The zero-order valence-electron chi connectivity index (χ0n) is 21.3. The van der Waals surface area contributed by atoms with E-state index in [1.165, 1.54) is 11.7 Å². The number of nitrogens with one attached hydrogen (secondary N) is 1. The number of hydrogen-bond donors (Lipinski definition) is 1. The molecule has 0 bridgehead atoms. The lowest BCUT2D eigenvalue weighted by Gasteiger charge is -2.15. The predicted molar refractivity (Wildman–Crippen MR) is 148 cm³/mol. The Bertz CT molecular complexity index is 1510. The fraction of sp³-hybridized carbons (Fsp3) is 0.200. The maximum atomic E-state index is 6.07. The Morgan fingerprint density at radius 1 is 0.658 bits per heavy atom. The van der Waals surface area contributed by atoms with Crippen LogP contribution in [0.1, 0.15) is 0 Å². The van der Waals surface area contributed by atoms with Crippen molar-refractivity contribution in [3.8, 4) is 23.0 Å². The molecule has 0 aliphatic heterocycles. The molecule has 0 saturated carbocycles. The summed E-state index contributed by atoms with van der Waals surface area (Å²) in [7, 11) is 3.26. The van der Waals surface area contributed by atoms with Gasteiger partial charge in [0, 0.05) is 31.4 Å². The number of hydrogen-bond acceptors (Lipinski definition) is 8. The van der Waals surface area contributed by atoms with Crippen molar-refractivity contribution in [1.82, 2.24) is 9.97 Å². The second kappa shape index (κ2) is 12.2. The van der Waals surface area contributed by atoms with Crippen LogP contribution in [-0.4, -0.2) is 50.6 Å². The molecule has 1 aromatic heterocycles. The topological polar surface area (TPSA) is 84.0 Å². The fourth-order valence-electron chi connectivity index (χ4n) is 3.97. The Morgan fingerprint density at radius 3 is 2.08 bits per heavy atom. The number of fused-ring (bicyclic) bond motifs is 2. The van der Waals surface area contributed by atoms with E-state index in [9.17, 15) is 0 Å². The van der Waals surface area contributed by atoms with E-state index in [4.69, 9.17) is 23.7 Å². The minimum atomic E-state index is 0.387. The van der Waals surface area contributed by atoms with Gasteiger partial charge in [0.25, 0.3) is 0 Å². The molecule has 0 radical (unpaired) electrons. The smallest absolute Gasteiger partial charge is 0.163 e. The summed E-state index contributed by atoms with van der Waals surface area (Å²) in [6, 6.07) is 25.7. The molecule has 8 nitrogen and oxygen atoms in total. The van der Waals surface area contributed by atoms with Gasteiger partial charge in [-0.15, -0.1) is 0 Å². The van der Waals surface area contributed by atoms with Gasteiger partial charge in [-0.3, -0.25) is 0 Å². The van der Waals surface area contributed by atoms with Crippen LogP contribution >= 0.6 is 0 Å². The third-order valence-corrected chi connectivity index (χ3v) is 5.86. The summed E-state index contributed by atoms with van der Waals surface area (Å²) in [5.41, 5.74) is 1.59. The molecular weight excluding hydrogens is 482 g/mol. The van der Waals surface area contributed by atoms with E-state index < -0.39 is 0 Å². The van der Waals surface area contributed by atoms with Gasteiger partial charge in [0.05, 0.1) is 18.7 Å². The molecule has 1 heterocycles. The van der Waals surface area contributed by atoms with Gasteiger partial charge in [-0.1, -0.05) is 30.3 Å². The summed E-state index contributed by atoms with van der Waals surface area (Å²) < 4.78 is 28.1. The normalized spacial score (nSPS) is 11.0. The predicted octanol–water partition coefficient (Wildman–Crippen LogP) is 6.37. The van der Waals surface area contributed by atoms with E-state index in [-0.39, 0.29) is 0 Å². The van der Waals surface area contributed by atoms with Gasteiger partial charge in [0.1, 0.15) is 36.9 Å². The molecule has 0 spiro atoms. The second-order valence-electron chi connectivity index (χ2n) is 8.48. The van der Waals surface area contributed by atoms with Crippen molar-refractivity contribution in [2.75, 3.05) is 46.0 Å². The quantitative estimate of drug-likeness (QED) is 0.194. The molecular formula is C30H29N3O5. The lowest BCUT2D eigenvalue weighted by Crippen LogP contribution is -2.09. The van der Waals surface area contributed by atoms with Crippen LogP contribution < -0.4 is 19.5 Å². The Balaban J connectivity index is 1.35. The van der Waals surface area contributed by atoms with Crippen LogP contribution in [0.2, 0.25) is 0 Å². The van der Waals surface area contributed by atoms with Gasteiger partial charge in [-0.2, -0.15) is 0 Å². The number of nitrogens with zero attached hydrogens (tertiary/aromatic N) is 2.